The van der Waals surface area contributed by atoms with Gasteiger partial charge in [-0.25, -0.2) is 0 Å². The Bertz CT molecular complexity index is 681. The number of piperazine rings is 1. The van der Waals surface area contributed by atoms with Crippen LogP contribution in [-0.4, -0.2) is 49.3 Å². The van der Waals surface area contributed by atoms with Crippen LogP contribution in [0.25, 0.3) is 0 Å². The number of aliphatic hydroxyl groups excluding tert-OH is 1. The predicted molar refractivity (Wildman–Crippen MR) is 102 cm³/mol. The van der Waals surface area contributed by atoms with Crippen molar-refractivity contribution in [1.29, 1.82) is 0 Å². The van der Waals surface area contributed by atoms with E-state index in [1.165, 1.54) is 26.6 Å². The van der Waals surface area contributed by atoms with Crippen LogP contribution in [0.1, 0.15) is 11.1 Å². The molecule has 0 aromatic heterocycles. The third-order valence-electron chi connectivity index (χ3n) is 4.54. The summed E-state index contributed by atoms with van der Waals surface area (Å²) in [7, 11) is 0. The molecular weight excluding hydrogens is 316 g/mol. The molecule has 128 valence electrons. The Morgan fingerprint density at radius 3 is 2.42 bits per heavy atom. The van der Waals surface area contributed by atoms with Crippen LogP contribution in [-0.2, 0) is 0 Å². The maximum absolute atomic E-state index is 9.10. The van der Waals surface area contributed by atoms with Gasteiger partial charge >= 0.3 is 0 Å². The number of rotatable bonds is 5. The van der Waals surface area contributed by atoms with Crippen LogP contribution in [0.5, 0.6) is 0 Å². The fourth-order valence-electron chi connectivity index (χ4n) is 3.19. The monoisotopic (exact) mass is 342 g/mol. The third-order valence-corrected chi connectivity index (χ3v) is 5.79. The molecule has 1 N–H and O–H groups in total. The Hall–Kier alpha value is -1.49. The van der Waals surface area contributed by atoms with Crippen molar-refractivity contribution in [3.63, 3.8) is 0 Å². The second-order valence-electron chi connectivity index (χ2n) is 6.39. The van der Waals surface area contributed by atoms with E-state index in [0.29, 0.717) is 0 Å². The molecule has 2 aromatic carbocycles. The maximum atomic E-state index is 9.10. The second-order valence-corrected chi connectivity index (χ2v) is 7.47. The first-order valence-electron chi connectivity index (χ1n) is 8.59. The largest absolute Gasteiger partial charge is 0.395 e. The van der Waals surface area contributed by atoms with Crippen molar-refractivity contribution in [1.82, 2.24) is 4.90 Å². The molecule has 0 spiro atoms. The van der Waals surface area contributed by atoms with Crippen molar-refractivity contribution in [2.45, 2.75) is 23.6 Å². The second kappa shape index (κ2) is 8.06. The SMILES string of the molecule is Cc1ccc(Sc2ccccc2N2CCN(CCO)CC2)c(C)c1. The van der Waals surface area contributed by atoms with Gasteiger partial charge in [-0.15, -0.1) is 0 Å². The van der Waals surface area contributed by atoms with Crippen LogP contribution in [0.4, 0.5) is 5.69 Å². The zero-order valence-corrected chi connectivity index (χ0v) is 15.4. The summed E-state index contributed by atoms with van der Waals surface area (Å²) in [5.74, 6) is 0. The van der Waals surface area contributed by atoms with Crippen LogP contribution in [0, 0.1) is 13.8 Å². The number of anilines is 1. The van der Waals surface area contributed by atoms with E-state index >= 15 is 0 Å². The van der Waals surface area contributed by atoms with Gasteiger partial charge in [0.05, 0.1) is 12.3 Å². The number of hydrogen-bond acceptors (Lipinski definition) is 4. The summed E-state index contributed by atoms with van der Waals surface area (Å²) in [6.45, 7) is 9.43. The number of β-amino-alcohol motifs (C(OH)–C–C–N with tert-alkyl or cyclic N) is 1. The highest BCUT2D eigenvalue weighted by atomic mass is 32.2. The summed E-state index contributed by atoms with van der Waals surface area (Å²) in [6, 6.07) is 15.4. The van der Waals surface area contributed by atoms with Crippen molar-refractivity contribution in [2.24, 2.45) is 0 Å². The molecule has 24 heavy (non-hydrogen) atoms. The van der Waals surface area contributed by atoms with Gasteiger partial charge in [-0.3, -0.25) is 4.90 Å². The van der Waals surface area contributed by atoms with E-state index in [-0.39, 0.29) is 6.61 Å². The molecule has 1 aliphatic heterocycles. The quantitative estimate of drug-likeness (QED) is 0.899. The van der Waals surface area contributed by atoms with E-state index in [4.69, 9.17) is 5.11 Å². The molecule has 0 radical (unpaired) electrons. The number of para-hydroxylation sites is 1. The van der Waals surface area contributed by atoms with Gasteiger partial charge < -0.3 is 10.0 Å². The first kappa shape index (κ1) is 17.3. The van der Waals surface area contributed by atoms with Crippen molar-refractivity contribution >= 4 is 17.4 Å². The summed E-state index contributed by atoms with van der Waals surface area (Å²) in [5.41, 5.74) is 3.97. The highest BCUT2D eigenvalue weighted by Crippen LogP contribution is 2.37. The average Bonchev–Trinajstić information content (AvgIpc) is 2.59. The average molecular weight is 343 g/mol. The number of nitrogens with zero attached hydrogens (tertiary/aromatic N) is 2. The van der Waals surface area contributed by atoms with Crippen LogP contribution < -0.4 is 4.90 Å². The minimum absolute atomic E-state index is 0.249. The van der Waals surface area contributed by atoms with Gasteiger partial charge in [0.1, 0.15) is 0 Å². The van der Waals surface area contributed by atoms with Crippen LogP contribution >= 0.6 is 11.8 Å². The van der Waals surface area contributed by atoms with Gasteiger partial charge in [-0.05, 0) is 37.6 Å². The van der Waals surface area contributed by atoms with E-state index < -0.39 is 0 Å². The highest BCUT2D eigenvalue weighted by molar-refractivity contribution is 7.99. The van der Waals surface area contributed by atoms with E-state index in [1.807, 2.05) is 11.8 Å². The van der Waals surface area contributed by atoms with Crippen LogP contribution in [0.3, 0.4) is 0 Å². The highest BCUT2D eigenvalue weighted by Gasteiger charge is 2.19. The molecule has 1 saturated heterocycles. The van der Waals surface area contributed by atoms with E-state index in [9.17, 15) is 0 Å². The van der Waals surface area contributed by atoms with Crippen molar-refractivity contribution < 1.29 is 5.11 Å². The normalized spacial score (nSPS) is 15.7. The standard InChI is InChI=1S/C20H26N2OS/c1-16-7-8-19(17(2)15-16)24-20-6-4-3-5-18(20)22-11-9-21(10-12-22)13-14-23/h3-8,15,23H,9-14H2,1-2H3. The smallest absolute Gasteiger partial charge is 0.0558 e. The molecule has 0 amide bonds. The Balaban J connectivity index is 1.76. The minimum atomic E-state index is 0.249. The molecule has 3 nitrogen and oxygen atoms in total. The molecule has 1 fully saturated rings. The molecule has 1 aliphatic rings. The van der Waals surface area contributed by atoms with Crippen molar-refractivity contribution in [3.05, 3.63) is 53.6 Å². The lowest BCUT2D eigenvalue weighted by Crippen LogP contribution is -2.47. The number of aliphatic hydroxyl groups is 1. The summed E-state index contributed by atoms with van der Waals surface area (Å²) < 4.78 is 0. The third kappa shape index (κ3) is 4.12. The fourth-order valence-corrected chi connectivity index (χ4v) is 4.23. The van der Waals surface area contributed by atoms with Crippen molar-refractivity contribution in [3.8, 4) is 0 Å². The number of hydrogen-bond donors (Lipinski definition) is 1. The molecule has 0 aliphatic carbocycles. The summed E-state index contributed by atoms with van der Waals surface area (Å²) in [5, 5.41) is 9.10. The van der Waals surface area contributed by atoms with Gasteiger partial charge in [0.15, 0.2) is 0 Å². The summed E-state index contributed by atoms with van der Waals surface area (Å²) in [4.78, 5) is 7.45. The van der Waals surface area contributed by atoms with Gasteiger partial charge in [-0.2, -0.15) is 0 Å². The lowest BCUT2D eigenvalue weighted by atomic mass is 10.2. The van der Waals surface area contributed by atoms with E-state index in [0.717, 1.165) is 32.7 Å². The lowest BCUT2D eigenvalue weighted by molar-refractivity contribution is 0.188. The Labute approximate surface area is 149 Å². The first-order chi connectivity index (χ1) is 11.7. The fraction of sp³-hybridized carbons (Fsp3) is 0.400. The molecule has 2 aromatic rings. The molecule has 0 unspecified atom stereocenters. The molecule has 0 atom stereocenters. The molecule has 1 heterocycles. The first-order valence-corrected chi connectivity index (χ1v) is 9.41. The van der Waals surface area contributed by atoms with Crippen molar-refractivity contribution in [2.75, 3.05) is 44.2 Å². The summed E-state index contributed by atoms with van der Waals surface area (Å²) in [6.07, 6.45) is 0. The van der Waals surface area contributed by atoms with Gasteiger partial charge in [-0.1, -0.05) is 41.6 Å². The van der Waals surface area contributed by atoms with E-state index in [1.54, 1.807) is 0 Å². The number of aryl methyl sites for hydroxylation is 2. The lowest BCUT2D eigenvalue weighted by Gasteiger charge is -2.36. The summed E-state index contributed by atoms with van der Waals surface area (Å²) >= 11 is 1.86. The minimum Gasteiger partial charge on any atom is -0.395 e. The molecule has 0 bridgehead atoms. The topological polar surface area (TPSA) is 26.7 Å². The Kier molecular flexibility index (Phi) is 5.82. The van der Waals surface area contributed by atoms with E-state index in [2.05, 4.69) is 66.1 Å². The maximum Gasteiger partial charge on any atom is 0.0558 e. The molecule has 4 heteroatoms. The van der Waals surface area contributed by atoms with Crippen LogP contribution in [0.15, 0.2) is 52.3 Å². The number of benzene rings is 2. The van der Waals surface area contributed by atoms with Gasteiger partial charge in [0.2, 0.25) is 0 Å². The Morgan fingerprint density at radius 2 is 1.71 bits per heavy atom. The van der Waals surface area contributed by atoms with Crippen LogP contribution in [0.2, 0.25) is 0 Å². The Morgan fingerprint density at radius 1 is 0.958 bits per heavy atom. The zero-order valence-electron chi connectivity index (χ0n) is 14.5. The predicted octanol–water partition coefficient (Wildman–Crippen LogP) is 3.57. The molecule has 0 saturated carbocycles. The zero-order chi connectivity index (χ0) is 16.9. The van der Waals surface area contributed by atoms with Gasteiger partial charge in [0, 0.05) is 42.5 Å². The van der Waals surface area contributed by atoms with Gasteiger partial charge in [0.25, 0.3) is 0 Å². The molecular formula is C20H26N2OS. The molecule has 3 rings (SSSR count).